The van der Waals surface area contributed by atoms with E-state index in [2.05, 4.69) is 19.2 Å². The van der Waals surface area contributed by atoms with E-state index in [0.29, 0.717) is 24.0 Å². The van der Waals surface area contributed by atoms with E-state index in [9.17, 15) is 4.79 Å². The van der Waals surface area contributed by atoms with Crippen molar-refractivity contribution in [1.82, 2.24) is 0 Å². The maximum absolute atomic E-state index is 13.2. The summed E-state index contributed by atoms with van der Waals surface area (Å²) in [6.07, 6.45) is -3.22. The second-order valence-corrected chi connectivity index (χ2v) is 9.28. The molecular weight excluding hydrogens is 390 g/mol. The van der Waals surface area contributed by atoms with Crippen LogP contribution in [0.2, 0.25) is 0 Å². The molecule has 8 nitrogen and oxygen atoms in total. The molecule has 1 aromatic rings. The molecular formula is C22H31NO7. The molecule has 3 fully saturated rings. The third-order valence-electron chi connectivity index (χ3n) is 5.13. The molecule has 8 heteroatoms. The van der Waals surface area contributed by atoms with E-state index in [1.165, 1.54) is 0 Å². The Morgan fingerprint density at radius 2 is 1.63 bits per heavy atom. The van der Waals surface area contributed by atoms with E-state index >= 15 is 0 Å². The van der Waals surface area contributed by atoms with Crippen LogP contribution in [0.15, 0.2) is 24.3 Å². The lowest BCUT2D eigenvalue weighted by atomic mass is 9.98. The topological polar surface area (TPSA) is 84.5 Å². The molecule has 0 radical (unpaired) electrons. The first kappa shape index (κ1) is 21.5. The highest BCUT2D eigenvalue weighted by Gasteiger charge is 2.62. The van der Waals surface area contributed by atoms with E-state index in [-0.39, 0.29) is 5.91 Å². The minimum Gasteiger partial charge on any atom is -0.491 e. The van der Waals surface area contributed by atoms with Crippen LogP contribution in [0, 0.1) is 5.92 Å². The van der Waals surface area contributed by atoms with E-state index < -0.39 is 42.3 Å². The van der Waals surface area contributed by atoms with Crippen molar-refractivity contribution in [1.29, 1.82) is 0 Å². The molecule has 3 aliphatic heterocycles. The predicted octanol–water partition coefficient (Wildman–Crippen LogP) is 3.06. The maximum atomic E-state index is 13.2. The zero-order valence-electron chi connectivity index (χ0n) is 18.3. The first-order valence-corrected chi connectivity index (χ1v) is 10.4. The number of carbonyl (C=O) groups excluding carboxylic acids is 1. The molecule has 166 valence electrons. The van der Waals surface area contributed by atoms with Gasteiger partial charge in [-0.1, -0.05) is 26.0 Å². The van der Waals surface area contributed by atoms with Gasteiger partial charge in [0.2, 0.25) is 0 Å². The fourth-order valence-corrected chi connectivity index (χ4v) is 3.98. The number of carbonyl (C=O) groups is 1. The summed E-state index contributed by atoms with van der Waals surface area (Å²) >= 11 is 0. The smallest absolute Gasteiger partial charge is 0.256 e. The second kappa shape index (κ2) is 7.76. The van der Waals surface area contributed by atoms with E-state index in [0.717, 1.165) is 0 Å². The van der Waals surface area contributed by atoms with Crippen LogP contribution < -0.4 is 10.1 Å². The van der Waals surface area contributed by atoms with Gasteiger partial charge in [0.05, 0.1) is 12.3 Å². The zero-order valence-corrected chi connectivity index (χ0v) is 18.3. The predicted molar refractivity (Wildman–Crippen MR) is 108 cm³/mol. The lowest BCUT2D eigenvalue weighted by Crippen LogP contribution is -2.58. The van der Waals surface area contributed by atoms with Gasteiger partial charge in [-0.15, -0.1) is 0 Å². The van der Waals surface area contributed by atoms with E-state index in [4.69, 9.17) is 28.4 Å². The standard InChI is InChI=1S/C22H31NO7/c1-12(2)11-25-14-10-8-7-9-13(14)23-19(24)17-15-16(28-21(3,4)27-15)18-20(26-17)30-22(5,6)29-18/h7-10,12,15-18,20H,11H2,1-6H3,(H,23,24)/t15-,16-,17+,18-,20+/m0/s1. The summed E-state index contributed by atoms with van der Waals surface area (Å²) in [6, 6.07) is 7.33. The van der Waals surface area contributed by atoms with Crippen LogP contribution >= 0.6 is 0 Å². The Labute approximate surface area is 177 Å². The van der Waals surface area contributed by atoms with Crippen LogP contribution in [0.25, 0.3) is 0 Å². The Bertz CT molecular complexity index is 793. The number of amides is 1. The largest absolute Gasteiger partial charge is 0.491 e. The van der Waals surface area contributed by atoms with Crippen molar-refractivity contribution in [3.05, 3.63) is 24.3 Å². The van der Waals surface area contributed by atoms with Crippen molar-refractivity contribution in [3.8, 4) is 5.75 Å². The first-order valence-electron chi connectivity index (χ1n) is 10.4. The normalized spacial score (nSPS) is 33.8. The van der Waals surface area contributed by atoms with Crippen molar-refractivity contribution in [2.24, 2.45) is 5.92 Å². The van der Waals surface area contributed by atoms with Crippen molar-refractivity contribution < 1.29 is 33.2 Å². The molecule has 1 N–H and O–H groups in total. The van der Waals surface area contributed by atoms with Gasteiger partial charge in [0.25, 0.3) is 5.91 Å². The summed E-state index contributed by atoms with van der Waals surface area (Å²) in [5.41, 5.74) is 0.576. The Morgan fingerprint density at radius 1 is 1.00 bits per heavy atom. The number of anilines is 1. The van der Waals surface area contributed by atoms with Crippen molar-refractivity contribution in [2.75, 3.05) is 11.9 Å². The van der Waals surface area contributed by atoms with Gasteiger partial charge in [0, 0.05) is 0 Å². The molecule has 1 amide bonds. The molecule has 4 rings (SSSR count). The van der Waals surface area contributed by atoms with Gasteiger partial charge < -0.3 is 33.7 Å². The van der Waals surface area contributed by atoms with Gasteiger partial charge in [0.15, 0.2) is 24.0 Å². The summed E-state index contributed by atoms with van der Waals surface area (Å²) in [5.74, 6) is -1.07. The van der Waals surface area contributed by atoms with Gasteiger partial charge in [-0.25, -0.2) is 0 Å². The summed E-state index contributed by atoms with van der Waals surface area (Å²) in [7, 11) is 0. The quantitative estimate of drug-likeness (QED) is 0.782. The highest BCUT2D eigenvalue weighted by molar-refractivity contribution is 5.96. The lowest BCUT2D eigenvalue weighted by molar-refractivity contribution is -0.229. The fourth-order valence-electron chi connectivity index (χ4n) is 3.98. The molecule has 0 aromatic heterocycles. The average Bonchev–Trinajstić information content (AvgIpc) is 3.13. The Hall–Kier alpha value is -1.71. The number of para-hydroxylation sites is 2. The monoisotopic (exact) mass is 421 g/mol. The molecule has 0 unspecified atom stereocenters. The van der Waals surface area contributed by atoms with Gasteiger partial charge in [0.1, 0.15) is 24.1 Å². The van der Waals surface area contributed by atoms with E-state index in [1.54, 1.807) is 6.07 Å². The number of nitrogens with one attached hydrogen (secondary N) is 1. The third-order valence-corrected chi connectivity index (χ3v) is 5.13. The second-order valence-electron chi connectivity index (χ2n) is 9.28. The molecule has 3 saturated heterocycles. The zero-order chi connectivity index (χ0) is 21.7. The van der Waals surface area contributed by atoms with Crippen LogP contribution in [0.1, 0.15) is 41.5 Å². The van der Waals surface area contributed by atoms with Crippen molar-refractivity contribution in [3.63, 3.8) is 0 Å². The Morgan fingerprint density at radius 3 is 2.37 bits per heavy atom. The van der Waals surface area contributed by atoms with E-state index in [1.807, 2.05) is 45.9 Å². The minimum absolute atomic E-state index is 0.348. The average molecular weight is 421 g/mol. The Balaban J connectivity index is 1.54. The lowest BCUT2D eigenvalue weighted by Gasteiger charge is -2.36. The summed E-state index contributed by atoms with van der Waals surface area (Å²) in [6.45, 7) is 11.9. The fraction of sp³-hybridized carbons (Fsp3) is 0.682. The van der Waals surface area contributed by atoms with Gasteiger partial charge in [-0.3, -0.25) is 4.79 Å². The maximum Gasteiger partial charge on any atom is 0.256 e. The number of fused-ring (bicyclic) bond motifs is 3. The highest BCUT2D eigenvalue weighted by Crippen LogP contribution is 2.44. The number of ether oxygens (including phenoxy) is 6. The molecule has 3 aliphatic rings. The van der Waals surface area contributed by atoms with Gasteiger partial charge in [-0.2, -0.15) is 0 Å². The minimum atomic E-state index is -0.923. The van der Waals surface area contributed by atoms with Crippen LogP contribution in [0.4, 0.5) is 5.69 Å². The highest BCUT2D eigenvalue weighted by atomic mass is 16.9. The molecule has 0 aliphatic carbocycles. The Kier molecular flexibility index (Phi) is 5.57. The first-order chi connectivity index (χ1) is 14.0. The molecule has 0 bridgehead atoms. The molecule has 5 atom stereocenters. The number of hydrogen-bond donors (Lipinski definition) is 1. The number of benzene rings is 1. The molecule has 3 heterocycles. The van der Waals surface area contributed by atoms with Gasteiger partial charge in [-0.05, 0) is 45.7 Å². The molecule has 1 aromatic carbocycles. The van der Waals surface area contributed by atoms with Crippen LogP contribution in [0.5, 0.6) is 5.75 Å². The van der Waals surface area contributed by atoms with Crippen LogP contribution in [-0.2, 0) is 28.5 Å². The number of hydrogen-bond acceptors (Lipinski definition) is 7. The van der Waals surface area contributed by atoms with Crippen LogP contribution in [-0.4, -0.2) is 54.8 Å². The SMILES string of the molecule is CC(C)COc1ccccc1NC(=O)[C@@H]1O[C@@H]2OC(C)(C)O[C@H]2[C@H]2OC(C)(C)O[C@@H]21. The number of rotatable bonds is 5. The third kappa shape index (κ3) is 4.33. The summed E-state index contributed by atoms with van der Waals surface area (Å²) < 4.78 is 35.8. The summed E-state index contributed by atoms with van der Waals surface area (Å²) in [4.78, 5) is 13.2. The molecule has 0 saturated carbocycles. The molecule has 30 heavy (non-hydrogen) atoms. The van der Waals surface area contributed by atoms with Crippen LogP contribution in [0.3, 0.4) is 0 Å². The summed E-state index contributed by atoms with van der Waals surface area (Å²) in [5, 5.41) is 2.92. The van der Waals surface area contributed by atoms with Gasteiger partial charge >= 0.3 is 0 Å². The van der Waals surface area contributed by atoms with Crippen molar-refractivity contribution in [2.45, 2.75) is 83.8 Å². The molecule has 0 spiro atoms. The van der Waals surface area contributed by atoms with Crippen molar-refractivity contribution >= 4 is 11.6 Å².